The first-order valence-corrected chi connectivity index (χ1v) is 3.09. The van der Waals surface area contributed by atoms with E-state index in [-0.39, 0.29) is 5.70 Å². The first-order chi connectivity index (χ1) is 5.41. The van der Waals surface area contributed by atoms with E-state index < -0.39 is 11.9 Å². The average Bonchev–Trinajstić information content (AvgIpc) is 1.97. The Morgan fingerprint density at radius 2 is 2.00 bits per heavy atom. The number of hydrogen-bond donors (Lipinski definition) is 1. The van der Waals surface area contributed by atoms with E-state index in [0.717, 1.165) is 6.08 Å². The molecule has 0 saturated heterocycles. The van der Waals surface area contributed by atoms with E-state index in [4.69, 9.17) is 5.73 Å². The molecule has 0 aliphatic heterocycles. The third-order valence-corrected chi connectivity index (χ3v) is 1.10. The van der Waals surface area contributed by atoms with Gasteiger partial charge in [-0.15, -0.1) is 0 Å². The lowest BCUT2D eigenvalue weighted by atomic mass is 10.3. The number of aliphatic imine (C=N–C) groups is 1. The van der Waals surface area contributed by atoms with Gasteiger partial charge >= 0.3 is 6.18 Å². The molecule has 0 aliphatic carbocycles. The number of alkyl halides is 3. The summed E-state index contributed by atoms with van der Waals surface area (Å²) in [5.74, 6) is 0. The highest BCUT2D eigenvalue weighted by Crippen LogP contribution is 2.26. The molecular formula is C7H9F3N2. The lowest BCUT2D eigenvalue weighted by molar-refractivity contribution is -0.0922. The lowest BCUT2D eigenvalue weighted by Gasteiger charge is -2.05. The monoisotopic (exact) mass is 178 g/mol. The van der Waals surface area contributed by atoms with Gasteiger partial charge in [-0.25, -0.2) is 0 Å². The summed E-state index contributed by atoms with van der Waals surface area (Å²) in [6.07, 6.45) is -2.42. The molecule has 2 nitrogen and oxygen atoms in total. The first-order valence-electron chi connectivity index (χ1n) is 3.09. The molecule has 68 valence electrons. The van der Waals surface area contributed by atoms with Crippen LogP contribution in [0.5, 0.6) is 0 Å². The zero-order valence-electron chi connectivity index (χ0n) is 6.52. The SMILES string of the molecule is C=N/C(=C\C(N)=C/C)C(F)(F)F. The van der Waals surface area contributed by atoms with E-state index in [2.05, 4.69) is 11.7 Å². The van der Waals surface area contributed by atoms with Gasteiger partial charge in [-0.2, -0.15) is 13.2 Å². The Hall–Kier alpha value is -1.26. The molecule has 0 heterocycles. The van der Waals surface area contributed by atoms with Gasteiger partial charge < -0.3 is 5.73 Å². The number of hydrogen-bond acceptors (Lipinski definition) is 2. The van der Waals surface area contributed by atoms with Crippen LogP contribution in [0.25, 0.3) is 0 Å². The Bertz CT molecular complexity index is 225. The normalized spacial score (nSPS) is 14.7. The van der Waals surface area contributed by atoms with Crippen molar-refractivity contribution < 1.29 is 13.2 Å². The second-order valence-electron chi connectivity index (χ2n) is 1.97. The van der Waals surface area contributed by atoms with Crippen LogP contribution < -0.4 is 5.73 Å². The quantitative estimate of drug-likeness (QED) is 0.509. The van der Waals surface area contributed by atoms with Crippen molar-refractivity contribution in [2.75, 3.05) is 0 Å². The zero-order chi connectivity index (χ0) is 9.78. The molecule has 0 rings (SSSR count). The maximum atomic E-state index is 11.9. The fraction of sp³-hybridized carbons (Fsp3) is 0.286. The van der Waals surface area contributed by atoms with Crippen LogP contribution in [0.1, 0.15) is 6.92 Å². The Labute approximate surface area is 68.3 Å². The highest BCUT2D eigenvalue weighted by molar-refractivity contribution is 5.33. The van der Waals surface area contributed by atoms with E-state index in [0.29, 0.717) is 0 Å². The molecular weight excluding hydrogens is 169 g/mol. The van der Waals surface area contributed by atoms with Crippen LogP contribution >= 0.6 is 0 Å². The minimum Gasteiger partial charge on any atom is -0.399 e. The van der Waals surface area contributed by atoms with E-state index >= 15 is 0 Å². The minimum absolute atomic E-state index is 0.00900. The molecule has 0 fully saturated rings. The summed E-state index contributed by atoms with van der Waals surface area (Å²) in [5, 5.41) is 0. The number of halogens is 3. The molecule has 0 aromatic heterocycles. The molecule has 0 unspecified atom stereocenters. The van der Waals surface area contributed by atoms with E-state index in [9.17, 15) is 13.2 Å². The fourth-order valence-corrected chi connectivity index (χ4v) is 0.458. The van der Waals surface area contributed by atoms with Crippen molar-refractivity contribution in [3.8, 4) is 0 Å². The molecule has 0 aromatic carbocycles. The first kappa shape index (κ1) is 10.7. The summed E-state index contributed by atoms with van der Waals surface area (Å²) >= 11 is 0. The van der Waals surface area contributed by atoms with Gasteiger partial charge in [0.1, 0.15) is 5.70 Å². The van der Waals surface area contributed by atoms with Crippen LogP contribution in [0, 0.1) is 0 Å². The summed E-state index contributed by atoms with van der Waals surface area (Å²) in [6, 6.07) is 0. The van der Waals surface area contributed by atoms with Crippen molar-refractivity contribution in [2.45, 2.75) is 13.1 Å². The molecule has 0 aromatic rings. The van der Waals surface area contributed by atoms with Crippen molar-refractivity contribution in [3.63, 3.8) is 0 Å². The minimum atomic E-state index is -4.49. The van der Waals surface area contributed by atoms with Crippen LogP contribution in [0.2, 0.25) is 0 Å². The van der Waals surface area contributed by atoms with Crippen molar-refractivity contribution in [1.29, 1.82) is 0 Å². The van der Waals surface area contributed by atoms with Crippen molar-refractivity contribution in [1.82, 2.24) is 0 Å². The molecule has 0 aliphatic rings. The van der Waals surface area contributed by atoms with E-state index in [1.165, 1.54) is 13.0 Å². The molecule has 0 atom stereocenters. The third-order valence-electron chi connectivity index (χ3n) is 1.10. The Kier molecular flexibility index (Phi) is 3.53. The molecule has 12 heavy (non-hydrogen) atoms. The standard InChI is InChI=1S/C7H9F3N2/c1-3-5(11)4-6(12-2)7(8,9)10/h3-4H,2,11H2,1H3/b5-3+,6-4-. The summed E-state index contributed by atoms with van der Waals surface area (Å²) in [4.78, 5) is 2.81. The van der Waals surface area contributed by atoms with Gasteiger partial charge in [-0.05, 0) is 19.7 Å². The Morgan fingerprint density at radius 1 is 1.50 bits per heavy atom. The van der Waals surface area contributed by atoms with Gasteiger partial charge in [0.15, 0.2) is 0 Å². The topological polar surface area (TPSA) is 38.4 Å². The van der Waals surface area contributed by atoms with Crippen molar-refractivity contribution >= 4 is 6.72 Å². The van der Waals surface area contributed by atoms with Crippen LogP contribution in [-0.4, -0.2) is 12.9 Å². The zero-order valence-corrected chi connectivity index (χ0v) is 6.52. The fourth-order valence-electron chi connectivity index (χ4n) is 0.458. The number of nitrogens with two attached hydrogens (primary N) is 1. The van der Waals surface area contributed by atoms with Gasteiger partial charge in [-0.3, -0.25) is 4.99 Å². The molecule has 2 N–H and O–H groups in total. The summed E-state index contributed by atoms with van der Waals surface area (Å²) in [7, 11) is 0. The molecule has 5 heteroatoms. The van der Waals surface area contributed by atoms with Gasteiger partial charge in [0.05, 0.1) is 0 Å². The highest BCUT2D eigenvalue weighted by Gasteiger charge is 2.33. The second-order valence-corrected chi connectivity index (χ2v) is 1.97. The average molecular weight is 178 g/mol. The summed E-state index contributed by atoms with van der Waals surface area (Å²) in [5.41, 5.74) is 4.07. The molecule has 0 spiro atoms. The molecule has 0 bridgehead atoms. The van der Waals surface area contributed by atoms with Gasteiger partial charge in [-0.1, -0.05) is 6.08 Å². The summed E-state index contributed by atoms with van der Waals surface area (Å²) in [6.45, 7) is 4.32. The lowest BCUT2D eigenvalue weighted by Crippen LogP contribution is -2.11. The number of allylic oxidation sites excluding steroid dienone is 3. The van der Waals surface area contributed by atoms with Crippen LogP contribution in [0.15, 0.2) is 28.5 Å². The molecule has 0 amide bonds. The predicted molar refractivity (Wildman–Crippen MR) is 41.6 cm³/mol. The van der Waals surface area contributed by atoms with Crippen LogP contribution in [0.4, 0.5) is 13.2 Å². The number of nitrogens with zero attached hydrogens (tertiary/aromatic N) is 1. The smallest absolute Gasteiger partial charge is 0.399 e. The van der Waals surface area contributed by atoms with Gasteiger partial charge in [0.2, 0.25) is 0 Å². The molecule has 0 radical (unpaired) electrons. The second kappa shape index (κ2) is 3.94. The third kappa shape index (κ3) is 3.23. The highest BCUT2D eigenvalue weighted by atomic mass is 19.4. The van der Waals surface area contributed by atoms with Crippen LogP contribution in [0.3, 0.4) is 0 Å². The predicted octanol–water partition coefficient (Wildman–Crippen LogP) is 2.00. The Balaban J connectivity index is 4.80. The Morgan fingerprint density at radius 3 is 2.25 bits per heavy atom. The van der Waals surface area contributed by atoms with E-state index in [1.54, 1.807) is 0 Å². The summed E-state index contributed by atoms with van der Waals surface area (Å²) < 4.78 is 35.8. The number of rotatable bonds is 2. The van der Waals surface area contributed by atoms with E-state index in [1.807, 2.05) is 0 Å². The van der Waals surface area contributed by atoms with Crippen molar-refractivity contribution in [2.24, 2.45) is 10.7 Å². The largest absolute Gasteiger partial charge is 0.433 e. The maximum absolute atomic E-state index is 11.9. The molecule has 0 saturated carbocycles. The van der Waals surface area contributed by atoms with Crippen LogP contribution in [-0.2, 0) is 0 Å². The van der Waals surface area contributed by atoms with Crippen molar-refractivity contribution in [3.05, 3.63) is 23.5 Å². The maximum Gasteiger partial charge on any atom is 0.433 e. The van der Waals surface area contributed by atoms with Gasteiger partial charge in [0, 0.05) is 5.70 Å². The van der Waals surface area contributed by atoms with Gasteiger partial charge in [0.25, 0.3) is 0 Å².